The number of thioether (sulfide) groups is 1. The molecular formula is C15H17NO4S. The van der Waals surface area contributed by atoms with Gasteiger partial charge in [0, 0.05) is 12.7 Å². The third kappa shape index (κ3) is 4.53. The third-order valence-electron chi connectivity index (χ3n) is 2.95. The molecule has 2 rings (SSSR count). The van der Waals surface area contributed by atoms with E-state index in [4.69, 9.17) is 4.74 Å². The number of hydrogen-bond donors (Lipinski definition) is 0. The summed E-state index contributed by atoms with van der Waals surface area (Å²) in [6, 6.07) is 6.79. The van der Waals surface area contributed by atoms with E-state index in [9.17, 15) is 9.59 Å². The van der Waals surface area contributed by atoms with Crippen LogP contribution in [0.15, 0.2) is 35.9 Å². The fourth-order valence-electron chi connectivity index (χ4n) is 1.83. The van der Waals surface area contributed by atoms with Crippen molar-refractivity contribution in [1.29, 1.82) is 0 Å². The highest BCUT2D eigenvalue weighted by Gasteiger charge is 2.13. The molecule has 1 aliphatic rings. The lowest BCUT2D eigenvalue weighted by atomic mass is 10.2. The van der Waals surface area contributed by atoms with Crippen molar-refractivity contribution in [3.8, 4) is 5.75 Å². The normalized spacial score (nSPS) is 14.1. The molecule has 1 amide bonds. The van der Waals surface area contributed by atoms with Crippen molar-refractivity contribution in [2.24, 2.45) is 0 Å². The van der Waals surface area contributed by atoms with Gasteiger partial charge in [-0.1, -0.05) is 0 Å². The highest BCUT2D eigenvalue weighted by Crippen LogP contribution is 2.14. The van der Waals surface area contributed by atoms with Crippen LogP contribution in [0.5, 0.6) is 5.75 Å². The second kappa shape index (κ2) is 7.73. The molecule has 0 atom stereocenters. The van der Waals surface area contributed by atoms with E-state index in [-0.39, 0.29) is 11.9 Å². The van der Waals surface area contributed by atoms with E-state index >= 15 is 0 Å². The van der Waals surface area contributed by atoms with E-state index in [0.717, 1.165) is 6.42 Å². The van der Waals surface area contributed by atoms with Crippen LogP contribution >= 0.6 is 11.8 Å². The highest BCUT2D eigenvalue weighted by molar-refractivity contribution is 8.02. The Morgan fingerprint density at radius 3 is 2.76 bits per heavy atom. The Balaban J connectivity index is 1.73. The Morgan fingerprint density at radius 2 is 2.10 bits per heavy atom. The fraction of sp³-hybridized carbons (Fsp3) is 0.333. The number of ether oxygens (including phenoxy) is 2. The molecule has 0 saturated carbocycles. The van der Waals surface area contributed by atoms with Gasteiger partial charge in [0.1, 0.15) is 5.75 Å². The van der Waals surface area contributed by atoms with E-state index in [1.54, 1.807) is 29.2 Å². The van der Waals surface area contributed by atoms with E-state index in [2.05, 4.69) is 4.74 Å². The lowest BCUT2D eigenvalue weighted by Gasteiger charge is -2.20. The molecule has 1 aliphatic heterocycles. The van der Waals surface area contributed by atoms with Gasteiger partial charge in [0.15, 0.2) is 0 Å². The molecule has 0 fully saturated rings. The molecular weight excluding hydrogens is 290 g/mol. The van der Waals surface area contributed by atoms with Crippen molar-refractivity contribution >= 4 is 23.6 Å². The third-order valence-corrected chi connectivity index (χ3v) is 3.68. The van der Waals surface area contributed by atoms with Gasteiger partial charge >= 0.3 is 5.97 Å². The minimum atomic E-state index is -0.366. The van der Waals surface area contributed by atoms with Gasteiger partial charge in [-0.3, -0.25) is 4.79 Å². The van der Waals surface area contributed by atoms with Crippen molar-refractivity contribution < 1.29 is 19.1 Å². The van der Waals surface area contributed by atoms with Crippen LogP contribution < -0.4 is 4.74 Å². The Kier molecular flexibility index (Phi) is 5.68. The van der Waals surface area contributed by atoms with Gasteiger partial charge in [-0.25, -0.2) is 4.79 Å². The number of esters is 1. The largest absolute Gasteiger partial charge is 0.494 e. The number of benzene rings is 1. The predicted molar refractivity (Wildman–Crippen MR) is 81.2 cm³/mol. The number of methoxy groups -OCH3 is 1. The summed E-state index contributed by atoms with van der Waals surface area (Å²) < 4.78 is 10.2. The van der Waals surface area contributed by atoms with Gasteiger partial charge in [-0.15, -0.1) is 11.8 Å². The number of hydrogen-bond acceptors (Lipinski definition) is 5. The number of amides is 1. The smallest absolute Gasteiger partial charge is 0.337 e. The summed E-state index contributed by atoms with van der Waals surface area (Å²) >= 11 is 1.51. The number of carbonyl (C=O) groups excluding carboxylic acids is 2. The molecule has 0 aromatic heterocycles. The van der Waals surface area contributed by atoms with Crippen molar-refractivity contribution in [3.63, 3.8) is 0 Å². The summed E-state index contributed by atoms with van der Waals surface area (Å²) in [7, 11) is 1.35. The molecule has 0 unspecified atom stereocenters. The standard InChI is InChI=1S/C15H17NO4S/c1-19-15(18)12-3-5-13(6-4-12)20-9-2-7-16-8-10-21-11-14(16)17/h3-6,8,10H,2,7,9,11H2,1H3. The maximum absolute atomic E-state index is 11.6. The summed E-state index contributed by atoms with van der Waals surface area (Å²) in [5.74, 6) is 0.963. The molecule has 0 N–H and O–H groups in total. The Morgan fingerprint density at radius 1 is 1.33 bits per heavy atom. The monoisotopic (exact) mass is 307 g/mol. The van der Waals surface area contributed by atoms with Crippen molar-refractivity contribution in [1.82, 2.24) is 4.90 Å². The van der Waals surface area contributed by atoms with Crippen LogP contribution in [0.25, 0.3) is 0 Å². The second-order valence-electron chi connectivity index (χ2n) is 4.40. The summed E-state index contributed by atoms with van der Waals surface area (Å²) in [4.78, 5) is 24.5. The summed E-state index contributed by atoms with van der Waals surface area (Å²) in [6.45, 7) is 1.17. The lowest BCUT2D eigenvalue weighted by molar-refractivity contribution is -0.126. The van der Waals surface area contributed by atoms with Crippen molar-refractivity contribution in [3.05, 3.63) is 41.4 Å². The van der Waals surface area contributed by atoms with Crippen LogP contribution in [0.1, 0.15) is 16.8 Å². The van der Waals surface area contributed by atoms with Gasteiger partial charge in [0.2, 0.25) is 5.91 Å². The molecule has 0 spiro atoms. The number of nitrogens with zero attached hydrogens (tertiary/aromatic N) is 1. The molecule has 1 aromatic rings. The first-order chi connectivity index (χ1) is 10.2. The van der Waals surface area contributed by atoms with Gasteiger partial charge in [-0.2, -0.15) is 0 Å². The zero-order valence-corrected chi connectivity index (χ0v) is 12.6. The molecule has 0 aliphatic carbocycles. The first-order valence-electron chi connectivity index (χ1n) is 6.59. The maximum atomic E-state index is 11.6. The minimum absolute atomic E-state index is 0.130. The summed E-state index contributed by atoms with van der Waals surface area (Å²) in [5, 5.41) is 1.92. The molecule has 1 aromatic carbocycles. The van der Waals surface area contributed by atoms with Gasteiger partial charge in [0.25, 0.3) is 0 Å². The van der Waals surface area contributed by atoms with Crippen LogP contribution in [0, 0.1) is 0 Å². The highest BCUT2D eigenvalue weighted by atomic mass is 32.2. The molecule has 5 nitrogen and oxygen atoms in total. The quantitative estimate of drug-likeness (QED) is 0.596. The molecule has 0 saturated heterocycles. The first kappa shape index (κ1) is 15.4. The van der Waals surface area contributed by atoms with E-state index in [1.165, 1.54) is 18.9 Å². The summed E-state index contributed by atoms with van der Waals surface area (Å²) in [6.07, 6.45) is 2.56. The molecule has 112 valence electrons. The van der Waals surface area contributed by atoms with E-state index in [1.807, 2.05) is 11.6 Å². The van der Waals surface area contributed by atoms with Gasteiger partial charge in [-0.05, 0) is 36.1 Å². The van der Waals surface area contributed by atoms with Crippen molar-refractivity contribution in [2.75, 3.05) is 26.0 Å². The average Bonchev–Trinajstić information content (AvgIpc) is 2.53. The van der Waals surface area contributed by atoms with Crippen LogP contribution in [0.4, 0.5) is 0 Å². The Labute approximate surface area is 127 Å². The lowest BCUT2D eigenvalue weighted by Crippen LogP contribution is -2.30. The van der Waals surface area contributed by atoms with Crippen molar-refractivity contribution in [2.45, 2.75) is 6.42 Å². The van der Waals surface area contributed by atoms with Gasteiger partial charge in [0.05, 0.1) is 25.0 Å². The topological polar surface area (TPSA) is 55.8 Å². The minimum Gasteiger partial charge on any atom is -0.494 e. The SMILES string of the molecule is COC(=O)c1ccc(OCCCN2C=CSCC2=O)cc1. The average molecular weight is 307 g/mol. The Bertz CT molecular complexity index is 527. The molecule has 0 bridgehead atoms. The van der Waals surface area contributed by atoms with Crippen LogP contribution in [-0.2, 0) is 9.53 Å². The van der Waals surface area contributed by atoms with Crippen LogP contribution in [0.2, 0.25) is 0 Å². The maximum Gasteiger partial charge on any atom is 0.337 e. The molecule has 1 heterocycles. The zero-order chi connectivity index (χ0) is 15.1. The number of carbonyl (C=O) groups is 2. The van der Waals surface area contributed by atoms with E-state index in [0.29, 0.717) is 30.2 Å². The summed E-state index contributed by atoms with van der Waals surface area (Å²) in [5.41, 5.74) is 0.492. The molecule has 6 heteroatoms. The predicted octanol–water partition coefficient (Wildman–Crippen LogP) is 2.29. The van der Waals surface area contributed by atoms with E-state index < -0.39 is 0 Å². The van der Waals surface area contributed by atoms with Crippen LogP contribution in [0.3, 0.4) is 0 Å². The van der Waals surface area contributed by atoms with Crippen LogP contribution in [-0.4, -0.2) is 42.8 Å². The Hall–Kier alpha value is -1.95. The molecule has 0 radical (unpaired) electrons. The zero-order valence-electron chi connectivity index (χ0n) is 11.8. The first-order valence-corrected chi connectivity index (χ1v) is 7.64. The number of rotatable bonds is 6. The van der Waals surface area contributed by atoms with Gasteiger partial charge < -0.3 is 14.4 Å². The fourth-order valence-corrected chi connectivity index (χ4v) is 2.47. The molecule has 21 heavy (non-hydrogen) atoms. The second-order valence-corrected chi connectivity index (χ2v) is 5.30.